The summed E-state index contributed by atoms with van der Waals surface area (Å²) < 4.78 is 12.5. The first-order valence-corrected chi connectivity index (χ1v) is 12.9. The highest BCUT2D eigenvalue weighted by Gasteiger charge is 2.14. The number of amides is 1. The number of hydrogen-bond donors (Lipinski definition) is 1. The van der Waals surface area contributed by atoms with Crippen molar-refractivity contribution in [2.45, 2.75) is 39.5 Å². The van der Waals surface area contributed by atoms with Crippen LogP contribution < -0.4 is 14.8 Å². The first-order valence-electron chi connectivity index (χ1n) is 11.3. The Morgan fingerprint density at radius 2 is 1.91 bits per heavy atom. The van der Waals surface area contributed by atoms with Crippen LogP contribution in [0.4, 0.5) is 5.13 Å². The number of rotatable bonds is 11. The van der Waals surface area contributed by atoms with Gasteiger partial charge in [-0.2, -0.15) is 5.26 Å². The smallest absolute Gasteiger partial charge is 0.268 e. The molecule has 1 aromatic heterocycles. The maximum absolute atomic E-state index is 12.6. The number of nitrogens with zero attached hydrogens (tertiary/aromatic N) is 3. The molecule has 0 radical (unpaired) electrons. The molecule has 35 heavy (non-hydrogen) atoms. The van der Waals surface area contributed by atoms with Gasteiger partial charge in [0.2, 0.25) is 5.13 Å². The summed E-state index contributed by atoms with van der Waals surface area (Å²) in [7, 11) is 0. The summed E-state index contributed by atoms with van der Waals surface area (Å²) in [5.41, 5.74) is 1.81. The lowest BCUT2D eigenvalue weighted by Crippen LogP contribution is -2.13. The summed E-state index contributed by atoms with van der Waals surface area (Å²) in [5, 5.41) is 21.3. The van der Waals surface area contributed by atoms with Crippen LogP contribution in [0, 0.1) is 11.3 Å². The number of aromatic nitrogens is 2. The normalized spacial score (nSPS) is 12.0. The quantitative estimate of drug-likeness (QED) is 0.168. The fraction of sp³-hybridized carbons (Fsp3) is 0.308. The second-order valence-electron chi connectivity index (χ2n) is 7.74. The highest BCUT2D eigenvalue weighted by molar-refractivity contribution is 9.10. The first kappa shape index (κ1) is 26.4. The van der Waals surface area contributed by atoms with E-state index in [1.54, 1.807) is 12.1 Å². The van der Waals surface area contributed by atoms with Gasteiger partial charge in [0, 0.05) is 10.0 Å². The molecule has 1 amide bonds. The molecule has 0 fully saturated rings. The van der Waals surface area contributed by atoms with Crippen molar-refractivity contribution < 1.29 is 14.3 Å². The second-order valence-corrected chi connectivity index (χ2v) is 9.71. The lowest BCUT2D eigenvalue weighted by molar-refractivity contribution is -0.112. The van der Waals surface area contributed by atoms with Gasteiger partial charge in [-0.1, -0.05) is 60.2 Å². The maximum atomic E-state index is 12.6. The zero-order valence-electron chi connectivity index (χ0n) is 19.9. The predicted octanol–water partition coefficient (Wildman–Crippen LogP) is 6.38. The van der Waals surface area contributed by atoms with Crippen LogP contribution in [0.1, 0.15) is 49.2 Å². The Morgan fingerprint density at radius 3 is 2.57 bits per heavy atom. The van der Waals surface area contributed by atoms with Gasteiger partial charge in [0.25, 0.3) is 5.91 Å². The lowest BCUT2D eigenvalue weighted by atomic mass is 9.99. The highest BCUT2D eigenvalue weighted by Crippen LogP contribution is 2.27. The summed E-state index contributed by atoms with van der Waals surface area (Å²) in [6.45, 7) is 6.98. The van der Waals surface area contributed by atoms with Gasteiger partial charge < -0.3 is 9.47 Å². The van der Waals surface area contributed by atoms with Gasteiger partial charge in [-0.3, -0.25) is 10.1 Å². The number of ether oxygens (including phenoxy) is 2. The lowest BCUT2D eigenvalue weighted by Gasteiger charge is -2.13. The Labute approximate surface area is 217 Å². The van der Waals surface area contributed by atoms with E-state index < -0.39 is 5.91 Å². The second kappa shape index (κ2) is 13.0. The minimum atomic E-state index is -0.554. The van der Waals surface area contributed by atoms with E-state index in [9.17, 15) is 10.1 Å². The van der Waals surface area contributed by atoms with E-state index in [2.05, 4.69) is 57.4 Å². The van der Waals surface area contributed by atoms with Crippen LogP contribution >= 0.6 is 27.3 Å². The molecule has 1 atom stereocenters. The van der Waals surface area contributed by atoms with Crippen molar-refractivity contribution >= 4 is 44.4 Å². The molecular weight excluding hydrogens is 528 g/mol. The first-order chi connectivity index (χ1) is 16.9. The molecule has 0 spiro atoms. The monoisotopic (exact) mass is 554 g/mol. The van der Waals surface area contributed by atoms with Crippen LogP contribution in [-0.4, -0.2) is 29.3 Å². The fourth-order valence-corrected chi connectivity index (χ4v) is 4.17. The molecule has 0 bridgehead atoms. The number of anilines is 1. The molecule has 0 aliphatic rings. The molecule has 182 valence electrons. The summed E-state index contributed by atoms with van der Waals surface area (Å²) in [6.07, 6.45) is 3.31. The van der Waals surface area contributed by atoms with Gasteiger partial charge in [-0.15, -0.1) is 10.2 Å². The molecule has 1 unspecified atom stereocenters. The van der Waals surface area contributed by atoms with Crippen LogP contribution in [0.3, 0.4) is 0 Å². The largest absolute Gasteiger partial charge is 0.490 e. The predicted molar refractivity (Wildman–Crippen MR) is 142 cm³/mol. The average Bonchev–Trinajstić information content (AvgIpc) is 3.33. The summed E-state index contributed by atoms with van der Waals surface area (Å²) in [6, 6.07) is 15.5. The Morgan fingerprint density at radius 1 is 1.17 bits per heavy atom. The minimum Gasteiger partial charge on any atom is -0.490 e. The molecule has 0 aliphatic carbocycles. The molecular formula is C26H27BrN4O3S. The Bertz CT molecular complexity index is 1220. The SMILES string of the molecule is CCc1nnc(NC(=O)C(C#N)=Cc2cc(Br)ccc2OCCOc2ccc(C(C)CC)cc2)s1. The third-order valence-corrected chi connectivity index (χ3v) is 6.77. The van der Waals surface area contributed by atoms with Gasteiger partial charge in [0.1, 0.15) is 41.4 Å². The molecule has 7 nitrogen and oxygen atoms in total. The van der Waals surface area contributed by atoms with E-state index in [1.807, 2.05) is 31.2 Å². The third kappa shape index (κ3) is 7.64. The van der Waals surface area contributed by atoms with Crippen LogP contribution in [-0.2, 0) is 11.2 Å². The van der Waals surface area contributed by atoms with Gasteiger partial charge in [0.15, 0.2) is 0 Å². The molecule has 3 rings (SSSR count). The van der Waals surface area contributed by atoms with Gasteiger partial charge in [-0.05, 0) is 60.7 Å². The van der Waals surface area contributed by atoms with E-state index in [1.165, 1.54) is 23.0 Å². The number of hydrogen-bond acceptors (Lipinski definition) is 7. The summed E-state index contributed by atoms with van der Waals surface area (Å²) >= 11 is 4.71. The standard InChI is InChI=1S/C26H27BrN4O3S/c1-4-17(3)18-6-9-22(10-7-18)33-12-13-34-23-11-8-21(27)15-19(23)14-20(16-28)25(32)29-26-31-30-24(5-2)35-26/h6-11,14-15,17H,4-5,12-13H2,1-3H3,(H,29,31,32). The van der Waals surface area contributed by atoms with Crippen molar-refractivity contribution in [2.75, 3.05) is 18.5 Å². The number of halogens is 1. The topological polar surface area (TPSA) is 97.1 Å². The average molecular weight is 555 g/mol. The maximum Gasteiger partial charge on any atom is 0.268 e. The van der Waals surface area contributed by atoms with Gasteiger partial charge in [0.05, 0.1) is 0 Å². The van der Waals surface area contributed by atoms with Crippen LogP contribution in [0.5, 0.6) is 11.5 Å². The fourth-order valence-electron chi connectivity index (χ4n) is 3.12. The Kier molecular flexibility index (Phi) is 9.82. The van der Waals surface area contributed by atoms with E-state index in [0.717, 1.165) is 28.1 Å². The molecule has 0 saturated heterocycles. The Balaban J connectivity index is 1.63. The number of carbonyl (C=O) groups is 1. The van der Waals surface area contributed by atoms with Crippen molar-refractivity contribution in [3.8, 4) is 17.6 Å². The van der Waals surface area contributed by atoms with Crippen LogP contribution in [0.25, 0.3) is 6.08 Å². The zero-order valence-corrected chi connectivity index (χ0v) is 22.3. The van der Waals surface area contributed by atoms with E-state index in [4.69, 9.17) is 9.47 Å². The van der Waals surface area contributed by atoms with Crippen molar-refractivity contribution in [2.24, 2.45) is 0 Å². The van der Waals surface area contributed by atoms with Crippen molar-refractivity contribution in [1.82, 2.24) is 10.2 Å². The molecule has 1 N–H and O–H groups in total. The van der Waals surface area contributed by atoms with E-state index in [-0.39, 0.29) is 5.57 Å². The summed E-state index contributed by atoms with van der Waals surface area (Å²) in [5.74, 6) is 1.28. The molecule has 9 heteroatoms. The number of carbonyl (C=O) groups excluding carboxylic acids is 1. The zero-order chi connectivity index (χ0) is 25.2. The Hall–Kier alpha value is -3.22. The molecule has 1 heterocycles. The molecule has 2 aromatic carbocycles. The van der Waals surface area contributed by atoms with Crippen LogP contribution in [0.15, 0.2) is 52.5 Å². The number of nitriles is 1. The summed E-state index contributed by atoms with van der Waals surface area (Å²) in [4.78, 5) is 12.6. The van der Waals surface area contributed by atoms with Gasteiger partial charge >= 0.3 is 0 Å². The van der Waals surface area contributed by atoms with Crippen molar-refractivity contribution in [3.05, 3.63) is 68.6 Å². The van der Waals surface area contributed by atoms with Crippen LogP contribution in [0.2, 0.25) is 0 Å². The van der Waals surface area contributed by atoms with E-state index >= 15 is 0 Å². The number of nitrogens with one attached hydrogen (secondary N) is 1. The minimum absolute atomic E-state index is 0.0705. The third-order valence-electron chi connectivity index (χ3n) is 5.30. The highest BCUT2D eigenvalue weighted by atomic mass is 79.9. The van der Waals surface area contributed by atoms with Crippen molar-refractivity contribution in [1.29, 1.82) is 5.26 Å². The number of benzene rings is 2. The molecule has 3 aromatic rings. The molecule has 0 saturated carbocycles. The van der Waals surface area contributed by atoms with E-state index in [0.29, 0.717) is 35.6 Å². The molecule has 0 aliphatic heterocycles. The van der Waals surface area contributed by atoms with Gasteiger partial charge in [-0.25, -0.2) is 0 Å². The van der Waals surface area contributed by atoms with Crippen molar-refractivity contribution in [3.63, 3.8) is 0 Å². The number of aryl methyl sites for hydroxylation is 1.